The molecule has 18 heavy (non-hydrogen) atoms. The first-order valence-corrected chi connectivity index (χ1v) is 7.16. The van der Waals surface area contributed by atoms with Gasteiger partial charge in [-0.25, -0.2) is 0 Å². The van der Waals surface area contributed by atoms with Gasteiger partial charge in [-0.05, 0) is 43.4 Å². The number of ketones is 1. The lowest BCUT2D eigenvalue weighted by atomic mass is 9.83. The number of hydrogen-bond acceptors (Lipinski definition) is 2. The number of rotatable bonds is 5. The Balaban J connectivity index is 2.36. The number of carbonyl (C=O) groups is 1. The van der Waals surface area contributed by atoms with E-state index in [4.69, 9.17) is 0 Å². The van der Waals surface area contributed by atoms with Gasteiger partial charge in [-0.15, -0.1) is 0 Å². The molecule has 2 nitrogen and oxygen atoms in total. The van der Waals surface area contributed by atoms with Crippen LogP contribution in [-0.2, 0) is 6.42 Å². The Morgan fingerprint density at radius 2 is 2.22 bits per heavy atom. The SMILES string of the molecule is CCCNC1CCCc2cccc(C(=O)CC)c21. The van der Waals surface area contributed by atoms with Crippen LogP contribution in [-0.4, -0.2) is 12.3 Å². The van der Waals surface area contributed by atoms with Crippen LogP contribution in [0.2, 0.25) is 0 Å². The minimum atomic E-state index is 0.275. The number of aryl methyl sites for hydroxylation is 1. The van der Waals surface area contributed by atoms with Crippen molar-refractivity contribution < 1.29 is 4.79 Å². The van der Waals surface area contributed by atoms with Gasteiger partial charge in [-0.1, -0.05) is 32.0 Å². The van der Waals surface area contributed by atoms with Crippen molar-refractivity contribution in [3.05, 3.63) is 34.9 Å². The van der Waals surface area contributed by atoms with E-state index in [1.807, 2.05) is 19.1 Å². The Labute approximate surface area is 110 Å². The van der Waals surface area contributed by atoms with Crippen LogP contribution in [0.3, 0.4) is 0 Å². The summed E-state index contributed by atoms with van der Waals surface area (Å²) in [5.74, 6) is 0.275. The number of hydrogen-bond donors (Lipinski definition) is 1. The normalized spacial score (nSPS) is 18.4. The van der Waals surface area contributed by atoms with Gasteiger partial charge in [0, 0.05) is 18.0 Å². The minimum Gasteiger partial charge on any atom is -0.310 e. The molecule has 0 bridgehead atoms. The van der Waals surface area contributed by atoms with Crippen LogP contribution < -0.4 is 5.32 Å². The van der Waals surface area contributed by atoms with Crippen molar-refractivity contribution in [1.82, 2.24) is 5.32 Å². The van der Waals surface area contributed by atoms with E-state index in [0.717, 1.165) is 31.4 Å². The summed E-state index contributed by atoms with van der Waals surface area (Å²) in [6.45, 7) is 5.15. The van der Waals surface area contributed by atoms with Crippen LogP contribution in [0.15, 0.2) is 18.2 Å². The maximum absolute atomic E-state index is 12.1. The third kappa shape index (κ3) is 2.64. The average molecular weight is 245 g/mol. The summed E-state index contributed by atoms with van der Waals surface area (Å²) in [6.07, 6.45) is 5.22. The second-order valence-corrected chi connectivity index (χ2v) is 5.05. The summed E-state index contributed by atoms with van der Waals surface area (Å²) in [7, 11) is 0. The highest BCUT2D eigenvalue weighted by Gasteiger charge is 2.24. The van der Waals surface area contributed by atoms with Crippen LogP contribution in [0.4, 0.5) is 0 Å². The summed E-state index contributed by atoms with van der Waals surface area (Å²) in [4.78, 5) is 12.1. The van der Waals surface area contributed by atoms with Crippen molar-refractivity contribution >= 4 is 5.78 Å². The fraction of sp³-hybridized carbons (Fsp3) is 0.562. The van der Waals surface area contributed by atoms with Crippen LogP contribution in [0.1, 0.15) is 67.1 Å². The highest BCUT2D eigenvalue weighted by Crippen LogP contribution is 2.33. The number of carbonyl (C=O) groups excluding carboxylic acids is 1. The molecule has 0 radical (unpaired) electrons. The van der Waals surface area contributed by atoms with E-state index in [1.54, 1.807) is 0 Å². The van der Waals surface area contributed by atoms with Crippen LogP contribution in [0.25, 0.3) is 0 Å². The van der Waals surface area contributed by atoms with E-state index < -0.39 is 0 Å². The number of fused-ring (bicyclic) bond motifs is 1. The third-order valence-corrected chi connectivity index (χ3v) is 3.75. The van der Waals surface area contributed by atoms with Crippen molar-refractivity contribution in [2.45, 2.75) is 52.0 Å². The molecular formula is C16H23NO. The minimum absolute atomic E-state index is 0.275. The van der Waals surface area contributed by atoms with Gasteiger partial charge < -0.3 is 5.32 Å². The molecule has 0 fully saturated rings. The molecule has 2 heteroatoms. The van der Waals surface area contributed by atoms with Gasteiger partial charge in [0.25, 0.3) is 0 Å². The van der Waals surface area contributed by atoms with Gasteiger partial charge in [0.05, 0.1) is 0 Å². The third-order valence-electron chi connectivity index (χ3n) is 3.75. The second-order valence-electron chi connectivity index (χ2n) is 5.05. The standard InChI is InChI=1S/C16H23NO/c1-3-11-17-14-10-6-8-12-7-5-9-13(16(12)14)15(18)4-2/h5,7,9,14,17H,3-4,6,8,10-11H2,1-2H3. The molecule has 1 unspecified atom stereocenters. The fourth-order valence-electron chi connectivity index (χ4n) is 2.84. The summed E-state index contributed by atoms with van der Waals surface area (Å²) in [5, 5.41) is 3.59. The highest BCUT2D eigenvalue weighted by molar-refractivity contribution is 5.97. The Bertz CT molecular complexity index is 425. The summed E-state index contributed by atoms with van der Waals surface area (Å²) in [6, 6.07) is 6.59. The summed E-state index contributed by atoms with van der Waals surface area (Å²) < 4.78 is 0. The molecule has 0 saturated heterocycles. The van der Waals surface area contributed by atoms with Crippen molar-refractivity contribution in [3.8, 4) is 0 Å². The van der Waals surface area contributed by atoms with E-state index in [0.29, 0.717) is 12.5 Å². The van der Waals surface area contributed by atoms with Gasteiger partial charge in [-0.3, -0.25) is 4.79 Å². The number of nitrogens with one attached hydrogen (secondary N) is 1. The van der Waals surface area contributed by atoms with E-state index in [2.05, 4.69) is 18.3 Å². The largest absolute Gasteiger partial charge is 0.310 e. The topological polar surface area (TPSA) is 29.1 Å². The van der Waals surface area contributed by atoms with Gasteiger partial charge in [0.1, 0.15) is 0 Å². The van der Waals surface area contributed by atoms with Crippen LogP contribution >= 0.6 is 0 Å². The highest BCUT2D eigenvalue weighted by atomic mass is 16.1. The van der Waals surface area contributed by atoms with Crippen molar-refractivity contribution in [3.63, 3.8) is 0 Å². The molecule has 0 aliphatic heterocycles. The smallest absolute Gasteiger partial charge is 0.162 e. The zero-order valence-corrected chi connectivity index (χ0v) is 11.5. The molecular weight excluding hydrogens is 222 g/mol. The van der Waals surface area contributed by atoms with Gasteiger partial charge >= 0.3 is 0 Å². The first-order valence-electron chi connectivity index (χ1n) is 7.16. The first kappa shape index (κ1) is 13.3. The molecule has 0 spiro atoms. The predicted octanol–water partition coefficient (Wildman–Crippen LogP) is 3.66. The van der Waals surface area contributed by atoms with E-state index in [9.17, 15) is 4.79 Å². The quantitative estimate of drug-likeness (QED) is 0.802. The maximum atomic E-state index is 12.1. The lowest BCUT2D eigenvalue weighted by Crippen LogP contribution is -2.27. The molecule has 0 amide bonds. The fourth-order valence-corrected chi connectivity index (χ4v) is 2.84. The van der Waals surface area contributed by atoms with Crippen LogP contribution in [0.5, 0.6) is 0 Å². The average Bonchev–Trinajstić information content (AvgIpc) is 2.43. The van der Waals surface area contributed by atoms with E-state index >= 15 is 0 Å². The number of Topliss-reactive ketones (excluding diaryl/α,β-unsaturated/α-hetero) is 1. The summed E-state index contributed by atoms with van der Waals surface area (Å²) >= 11 is 0. The summed E-state index contributed by atoms with van der Waals surface area (Å²) in [5.41, 5.74) is 3.60. The molecule has 1 aromatic carbocycles. The van der Waals surface area contributed by atoms with Crippen molar-refractivity contribution in [2.24, 2.45) is 0 Å². The van der Waals surface area contributed by atoms with Crippen LogP contribution in [0, 0.1) is 0 Å². The first-order chi connectivity index (χ1) is 8.77. The molecule has 0 heterocycles. The Hall–Kier alpha value is -1.15. The van der Waals surface area contributed by atoms with Gasteiger partial charge in [0.2, 0.25) is 0 Å². The monoisotopic (exact) mass is 245 g/mol. The van der Waals surface area contributed by atoms with Crippen molar-refractivity contribution in [2.75, 3.05) is 6.54 Å². The number of benzene rings is 1. The zero-order valence-electron chi connectivity index (χ0n) is 11.5. The van der Waals surface area contributed by atoms with Crippen molar-refractivity contribution in [1.29, 1.82) is 0 Å². The molecule has 0 saturated carbocycles. The predicted molar refractivity (Wildman–Crippen MR) is 75.0 cm³/mol. The Morgan fingerprint density at radius 1 is 1.39 bits per heavy atom. The van der Waals surface area contributed by atoms with Gasteiger partial charge in [-0.2, -0.15) is 0 Å². The molecule has 1 aliphatic carbocycles. The van der Waals surface area contributed by atoms with E-state index in [-0.39, 0.29) is 5.78 Å². The molecule has 2 rings (SSSR count). The Kier molecular flexibility index (Phi) is 4.54. The second kappa shape index (κ2) is 6.14. The molecule has 1 N–H and O–H groups in total. The Morgan fingerprint density at radius 3 is 2.94 bits per heavy atom. The lowest BCUT2D eigenvalue weighted by Gasteiger charge is -2.28. The van der Waals surface area contributed by atoms with E-state index in [1.165, 1.54) is 17.5 Å². The lowest BCUT2D eigenvalue weighted by molar-refractivity contribution is 0.0986. The van der Waals surface area contributed by atoms with Gasteiger partial charge in [0.15, 0.2) is 5.78 Å². The zero-order chi connectivity index (χ0) is 13.0. The molecule has 1 atom stereocenters. The molecule has 1 aliphatic rings. The maximum Gasteiger partial charge on any atom is 0.162 e. The molecule has 1 aromatic rings. The molecule has 98 valence electrons. The molecule has 0 aromatic heterocycles.